The maximum Gasteiger partial charge on any atom is 0.163 e. The van der Waals surface area contributed by atoms with E-state index in [9.17, 15) is 0 Å². The van der Waals surface area contributed by atoms with E-state index in [4.69, 9.17) is 9.47 Å². The predicted molar refractivity (Wildman–Crippen MR) is 73.0 cm³/mol. The van der Waals surface area contributed by atoms with Crippen molar-refractivity contribution in [1.82, 2.24) is 25.2 Å². The smallest absolute Gasteiger partial charge is 0.163 e. The number of nitrogens with one attached hydrogen (secondary N) is 1. The highest BCUT2D eigenvalue weighted by Crippen LogP contribution is 2.33. The van der Waals surface area contributed by atoms with E-state index in [1.807, 2.05) is 16.8 Å². The minimum Gasteiger partial charge on any atom is -0.486 e. The summed E-state index contributed by atoms with van der Waals surface area (Å²) >= 11 is 0. The second-order valence-electron chi connectivity index (χ2n) is 5.08. The van der Waals surface area contributed by atoms with Crippen molar-refractivity contribution in [3.63, 3.8) is 0 Å². The lowest BCUT2D eigenvalue weighted by molar-refractivity contribution is 0.171. The van der Waals surface area contributed by atoms with Crippen LogP contribution in [0.15, 0.2) is 12.1 Å². The Bertz CT molecular complexity index is 620. The molecule has 4 rings (SSSR count). The number of nitrogens with zero attached hydrogens (tertiary/aromatic N) is 4. The quantitative estimate of drug-likeness (QED) is 0.836. The summed E-state index contributed by atoms with van der Waals surface area (Å²) in [6, 6.07) is 3.89. The van der Waals surface area contributed by atoms with Gasteiger partial charge in [-0.15, -0.1) is 5.10 Å². The lowest BCUT2D eigenvalue weighted by Crippen LogP contribution is -2.44. The van der Waals surface area contributed by atoms with Crippen LogP contribution in [-0.2, 0) is 6.67 Å². The highest BCUT2D eigenvalue weighted by molar-refractivity contribution is 5.79. The van der Waals surface area contributed by atoms with Gasteiger partial charge in [-0.1, -0.05) is 5.21 Å². The average molecular weight is 275 g/mol. The molecule has 1 N–H and O–H groups in total. The van der Waals surface area contributed by atoms with Crippen molar-refractivity contribution in [2.75, 3.05) is 39.4 Å². The van der Waals surface area contributed by atoms with Gasteiger partial charge in [0.25, 0.3) is 0 Å². The van der Waals surface area contributed by atoms with Gasteiger partial charge >= 0.3 is 0 Å². The first-order chi connectivity index (χ1) is 9.90. The molecular formula is C13H17N5O2. The third-order valence-corrected chi connectivity index (χ3v) is 3.72. The summed E-state index contributed by atoms with van der Waals surface area (Å²) < 4.78 is 13.1. The molecule has 0 spiro atoms. The first-order valence-electron chi connectivity index (χ1n) is 6.96. The lowest BCUT2D eigenvalue weighted by Gasteiger charge is -2.26. The Morgan fingerprint density at radius 2 is 1.85 bits per heavy atom. The lowest BCUT2D eigenvalue weighted by atomic mass is 10.2. The summed E-state index contributed by atoms with van der Waals surface area (Å²) in [4.78, 5) is 2.36. The van der Waals surface area contributed by atoms with Crippen molar-refractivity contribution in [2.45, 2.75) is 6.67 Å². The second-order valence-corrected chi connectivity index (χ2v) is 5.08. The van der Waals surface area contributed by atoms with E-state index in [0.29, 0.717) is 13.2 Å². The Labute approximate surface area is 116 Å². The summed E-state index contributed by atoms with van der Waals surface area (Å²) in [7, 11) is 0. The second kappa shape index (κ2) is 4.92. The number of fused-ring (bicyclic) bond motifs is 2. The molecule has 1 saturated heterocycles. The Kier molecular flexibility index (Phi) is 2.93. The van der Waals surface area contributed by atoms with Crippen LogP contribution < -0.4 is 14.8 Å². The number of hydrogen-bond acceptors (Lipinski definition) is 6. The number of rotatable bonds is 2. The Hall–Kier alpha value is -1.86. The van der Waals surface area contributed by atoms with E-state index in [1.165, 1.54) is 0 Å². The van der Waals surface area contributed by atoms with Crippen molar-refractivity contribution in [2.24, 2.45) is 0 Å². The van der Waals surface area contributed by atoms with E-state index in [2.05, 4.69) is 20.5 Å². The van der Waals surface area contributed by atoms with Gasteiger partial charge in [0.1, 0.15) is 18.7 Å². The third kappa shape index (κ3) is 2.08. The topological polar surface area (TPSA) is 64.4 Å². The van der Waals surface area contributed by atoms with Crippen LogP contribution in [0.5, 0.6) is 11.5 Å². The third-order valence-electron chi connectivity index (χ3n) is 3.72. The van der Waals surface area contributed by atoms with Crippen LogP contribution >= 0.6 is 0 Å². The zero-order valence-electron chi connectivity index (χ0n) is 11.2. The number of hydrogen-bond donors (Lipinski definition) is 1. The normalized spacial score (nSPS) is 19.4. The van der Waals surface area contributed by atoms with Crippen LogP contribution in [-0.4, -0.2) is 59.3 Å². The molecule has 2 aliphatic heterocycles. The minimum atomic E-state index is 0.591. The molecule has 0 aliphatic carbocycles. The van der Waals surface area contributed by atoms with Crippen molar-refractivity contribution >= 4 is 11.0 Å². The molecule has 1 fully saturated rings. The predicted octanol–water partition coefficient (Wildman–Crippen LogP) is 0.0652. The maximum absolute atomic E-state index is 5.63. The van der Waals surface area contributed by atoms with Crippen LogP contribution in [0.3, 0.4) is 0 Å². The van der Waals surface area contributed by atoms with Crippen LogP contribution in [0.4, 0.5) is 0 Å². The van der Waals surface area contributed by atoms with Crippen molar-refractivity contribution in [3.05, 3.63) is 12.1 Å². The molecular weight excluding hydrogens is 258 g/mol. The Morgan fingerprint density at radius 1 is 1.10 bits per heavy atom. The Morgan fingerprint density at radius 3 is 2.65 bits per heavy atom. The fourth-order valence-electron chi connectivity index (χ4n) is 2.65. The molecule has 0 radical (unpaired) electrons. The minimum absolute atomic E-state index is 0.591. The summed E-state index contributed by atoms with van der Waals surface area (Å²) in [5.41, 5.74) is 1.84. The van der Waals surface area contributed by atoms with E-state index in [1.54, 1.807) is 0 Å². The van der Waals surface area contributed by atoms with E-state index in [-0.39, 0.29) is 0 Å². The van der Waals surface area contributed by atoms with Gasteiger partial charge in [-0.2, -0.15) is 0 Å². The number of benzene rings is 1. The molecule has 7 heteroatoms. The monoisotopic (exact) mass is 275 g/mol. The molecule has 3 heterocycles. The fourth-order valence-corrected chi connectivity index (χ4v) is 2.65. The highest BCUT2D eigenvalue weighted by Gasteiger charge is 2.17. The molecule has 7 nitrogen and oxygen atoms in total. The first kappa shape index (κ1) is 11.9. The molecule has 0 atom stereocenters. The van der Waals surface area contributed by atoms with Crippen molar-refractivity contribution < 1.29 is 9.47 Å². The molecule has 20 heavy (non-hydrogen) atoms. The van der Waals surface area contributed by atoms with Gasteiger partial charge in [-0.3, -0.25) is 4.90 Å². The van der Waals surface area contributed by atoms with E-state index in [0.717, 1.165) is 55.4 Å². The van der Waals surface area contributed by atoms with Gasteiger partial charge in [-0.05, 0) is 0 Å². The van der Waals surface area contributed by atoms with Crippen LogP contribution in [0.1, 0.15) is 0 Å². The van der Waals surface area contributed by atoms with Gasteiger partial charge in [0.05, 0.1) is 12.2 Å². The first-order valence-corrected chi connectivity index (χ1v) is 6.96. The standard InChI is InChI=1S/C13H17N5O2/c1-3-17(4-2-14-1)9-18-11-8-13-12(19-5-6-20-13)7-10(11)15-16-18/h7-8,14H,1-6,9H2. The zero-order chi connectivity index (χ0) is 13.4. The summed E-state index contributed by atoms with van der Waals surface area (Å²) in [5.74, 6) is 1.55. The van der Waals surface area contributed by atoms with Gasteiger partial charge in [0, 0.05) is 38.3 Å². The van der Waals surface area contributed by atoms with Crippen LogP contribution in [0.25, 0.3) is 11.0 Å². The molecule has 0 saturated carbocycles. The summed E-state index contributed by atoms with van der Waals surface area (Å²) in [6.07, 6.45) is 0. The molecule has 0 bridgehead atoms. The number of aromatic nitrogens is 3. The average Bonchev–Trinajstić information content (AvgIpc) is 2.88. The van der Waals surface area contributed by atoms with Crippen molar-refractivity contribution in [3.8, 4) is 11.5 Å². The van der Waals surface area contributed by atoms with Gasteiger partial charge in [0.15, 0.2) is 11.5 Å². The molecule has 1 aromatic carbocycles. The molecule has 2 aliphatic rings. The number of ether oxygens (including phenoxy) is 2. The molecule has 2 aromatic rings. The number of piperazine rings is 1. The summed E-state index contributed by atoms with van der Waals surface area (Å²) in [5, 5.41) is 11.8. The van der Waals surface area contributed by atoms with Crippen molar-refractivity contribution in [1.29, 1.82) is 0 Å². The molecule has 1 aromatic heterocycles. The van der Waals surface area contributed by atoms with Crippen LogP contribution in [0.2, 0.25) is 0 Å². The molecule has 0 unspecified atom stereocenters. The highest BCUT2D eigenvalue weighted by atomic mass is 16.6. The van der Waals surface area contributed by atoms with Crippen LogP contribution in [0, 0.1) is 0 Å². The Balaban J connectivity index is 1.65. The fraction of sp³-hybridized carbons (Fsp3) is 0.538. The van der Waals surface area contributed by atoms with E-state index < -0.39 is 0 Å². The van der Waals surface area contributed by atoms with Gasteiger partial charge in [0.2, 0.25) is 0 Å². The largest absolute Gasteiger partial charge is 0.486 e. The molecule has 106 valence electrons. The summed E-state index contributed by atoms with van der Waals surface area (Å²) in [6.45, 7) is 6.07. The van der Waals surface area contributed by atoms with Gasteiger partial charge < -0.3 is 14.8 Å². The zero-order valence-corrected chi connectivity index (χ0v) is 11.2. The van der Waals surface area contributed by atoms with Gasteiger partial charge in [-0.25, -0.2) is 4.68 Å². The molecule has 0 amide bonds. The SMILES string of the molecule is c1c2c(cc3c1nnn3CN1CCNCC1)OCCO2. The van der Waals surface area contributed by atoms with E-state index >= 15 is 0 Å². The maximum atomic E-state index is 5.63.